The molecule has 0 N–H and O–H groups in total. The summed E-state index contributed by atoms with van der Waals surface area (Å²) < 4.78 is 15.7. The third-order valence-corrected chi connectivity index (χ3v) is 13.5. The number of furan rings is 2. The fourth-order valence-electron chi connectivity index (χ4n) is 11.2. The number of para-hydroxylation sites is 5. The smallest absolute Gasteiger partial charge is 0.252 e. The number of aromatic nitrogens is 1. The van der Waals surface area contributed by atoms with E-state index in [0.717, 1.165) is 68.1 Å². The van der Waals surface area contributed by atoms with Crippen molar-refractivity contribution in [3.05, 3.63) is 181 Å². The molecule has 0 saturated carbocycles. The van der Waals surface area contributed by atoms with Gasteiger partial charge in [0.25, 0.3) is 6.71 Å². The van der Waals surface area contributed by atoms with Gasteiger partial charge in [-0.3, -0.25) is 0 Å². The highest BCUT2D eigenvalue weighted by atomic mass is 16.3. The van der Waals surface area contributed by atoms with E-state index >= 15 is 0 Å². The van der Waals surface area contributed by atoms with Gasteiger partial charge in [0.2, 0.25) is 0 Å². The molecule has 2 aliphatic heterocycles. The Hall–Kier alpha value is -7.44. The van der Waals surface area contributed by atoms with Gasteiger partial charge in [0.15, 0.2) is 0 Å². The van der Waals surface area contributed by atoms with Crippen molar-refractivity contribution in [3.8, 4) is 5.69 Å². The van der Waals surface area contributed by atoms with Gasteiger partial charge in [-0.05, 0) is 114 Å². The topological polar surface area (TPSA) is 37.7 Å². The highest BCUT2D eigenvalue weighted by Crippen LogP contribution is 2.50. The lowest BCUT2D eigenvalue weighted by molar-refractivity contribution is 0.667. The van der Waals surface area contributed by atoms with E-state index in [4.69, 9.17) is 8.83 Å². The van der Waals surface area contributed by atoms with E-state index in [1.54, 1.807) is 0 Å². The summed E-state index contributed by atoms with van der Waals surface area (Å²) in [5, 5.41) is 5.83. The number of nitrogens with zero attached hydrogens (tertiary/aromatic N) is 3. The molecule has 3 aromatic heterocycles. The molecule has 0 radical (unpaired) electrons. The second kappa shape index (κ2) is 12.1. The molecule has 0 spiro atoms. The van der Waals surface area contributed by atoms with Crippen molar-refractivity contribution in [3.63, 3.8) is 0 Å². The number of hydrogen-bond acceptors (Lipinski definition) is 4. The molecule has 6 heteroatoms. The van der Waals surface area contributed by atoms with Gasteiger partial charge < -0.3 is 23.2 Å². The Morgan fingerprint density at radius 1 is 0.417 bits per heavy atom. The summed E-state index contributed by atoms with van der Waals surface area (Å²) in [7, 11) is 0. The van der Waals surface area contributed by atoms with Crippen LogP contribution in [-0.2, 0) is 12.8 Å². The molecule has 5 nitrogen and oxygen atoms in total. The Labute approximate surface area is 346 Å². The summed E-state index contributed by atoms with van der Waals surface area (Å²) in [5.74, 6) is 0. The van der Waals surface area contributed by atoms with Crippen LogP contribution < -0.4 is 26.2 Å². The second-order valence-electron chi connectivity index (χ2n) is 16.6. The summed E-state index contributed by atoms with van der Waals surface area (Å²) >= 11 is 0. The molecule has 3 aliphatic rings. The summed E-state index contributed by atoms with van der Waals surface area (Å²) in [6, 6.07) is 62.1. The molecule has 0 fully saturated rings. The molecule has 282 valence electrons. The average Bonchev–Trinajstić information content (AvgIpc) is 3.99. The lowest BCUT2D eigenvalue weighted by Gasteiger charge is -2.44. The minimum Gasteiger partial charge on any atom is -0.456 e. The predicted octanol–water partition coefficient (Wildman–Crippen LogP) is 12.4. The van der Waals surface area contributed by atoms with Crippen molar-refractivity contribution in [2.45, 2.75) is 25.7 Å². The molecular formula is C54H36BN3O2. The minimum atomic E-state index is -0.000125. The number of benzene rings is 8. The van der Waals surface area contributed by atoms with E-state index in [1.165, 1.54) is 79.8 Å². The standard InChI is InChI=1S/C54H36BN3O2/c1-7-21-40-34(15-1)35-16-2-8-22-41(35)56(40)33-31-46-54-47(32-33)58(45-26-14-30-51-53(45)37-18-4-12-28-49(37)60-51)43-24-10-6-20-39(43)55(54)38-19-5-9-23-42(38)57(46)44-25-13-29-50-52(44)36-17-3-11-27-48(36)59-50/h1,3-7,9-15,17-21,23-32H,2,8,16,22H2. The van der Waals surface area contributed by atoms with Gasteiger partial charge in [-0.25, -0.2) is 0 Å². The molecule has 14 rings (SSSR count). The molecule has 0 amide bonds. The van der Waals surface area contributed by atoms with Gasteiger partial charge in [0.05, 0.1) is 27.7 Å². The molecule has 0 atom stereocenters. The number of anilines is 6. The quantitative estimate of drug-likeness (QED) is 0.168. The van der Waals surface area contributed by atoms with Crippen molar-refractivity contribution in [2.75, 3.05) is 9.80 Å². The molecule has 0 unspecified atom stereocenters. The van der Waals surface area contributed by atoms with E-state index in [1.807, 2.05) is 0 Å². The lowest BCUT2D eigenvalue weighted by atomic mass is 9.33. The van der Waals surface area contributed by atoms with Crippen LogP contribution in [-0.4, -0.2) is 11.3 Å². The largest absolute Gasteiger partial charge is 0.456 e. The van der Waals surface area contributed by atoms with Crippen molar-refractivity contribution in [2.24, 2.45) is 0 Å². The van der Waals surface area contributed by atoms with Crippen LogP contribution in [0.25, 0.3) is 60.5 Å². The van der Waals surface area contributed by atoms with Gasteiger partial charge in [-0.15, -0.1) is 0 Å². The van der Waals surface area contributed by atoms with Crippen LogP contribution in [0.2, 0.25) is 0 Å². The Morgan fingerprint density at radius 3 is 1.52 bits per heavy atom. The molecule has 0 saturated heterocycles. The van der Waals surface area contributed by atoms with Crippen molar-refractivity contribution in [1.82, 2.24) is 4.57 Å². The summed E-state index contributed by atoms with van der Waals surface area (Å²) in [4.78, 5) is 5.08. The molecule has 60 heavy (non-hydrogen) atoms. The second-order valence-corrected chi connectivity index (χ2v) is 16.6. The third kappa shape index (κ3) is 4.27. The van der Waals surface area contributed by atoms with E-state index < -0.39 is 0 Å². The predicted molar refractivity (Wildman–Crippen MR) is 248 cm³/mol. The number of rotatable bonds is 3. The van der Waals surface area contributed by atoms with Gasteiger partial charge in [-0.2, -0.15) is 0 Å². The Morgan fingerprint density at radius 2 is 0.900 bits per heavy atom. The highest BCUT2D eigenvalue weighted by molar-refractivity contribution is 7.00. The van der Waals surface area contributed by atoms with Crippen LogP contribution in [0.5, 0.6) is 0 Å². The molecule has 11 aromatic rings. The molecular weight excluding hydrogens is 733 g/mol. The fourth-order valence-corrected chi connectivity index (χ4v) is 11.2. The minimum absolute atomic E-state index is 0.000125. The number of hydrogen-bond donors (Lipinski definition) is 0. The Bertz CT molecular complexity index is 3420. The van der Waals surface area contributed by atoms with E-state index in [-0.39, 0.29) is 6.71 Å². The first-order valence-corrected chi connectivity index (χ1v) is 21.2. The fraction of sp³-hybridized carbons (Fsp3) is 0.0741. The van der Waals surface area contributed by atoms with Gasteiger partial charge in [-0.1, -0.05) is 103 Å². The Balaban J connectivity index is 1.16. The van der Waals surface area contributed by atoms with Crippen LogP contribution in [0, 0.1) is 0 Å². The SMILES string of the molecule is c1ccc2c(c1)B1c3ccccc3N(c3cccc4oc5ccccc5c34)c3cc(-n4c5c(c6ccccc64)CCCC5)cc(c31)N2c1cccc2oc3ccccc3c12. The van der Waals surface area contributed by atoms with Crippen LogP contribution >= 0.6 is 0 Å². The Kier molecular flexibility index (Phi) is 6.53. The van der Waals surface area contributed by atoms with Crippen molar-refractivity contribution in [1.29, 1.82) is 0 Å². The van der Waals surface area contributed by atoms with Crippen LogP contribution in [0.15, 0.2) is 179 Å². The van der Waals surface area contributed by atoms with E-state index in [9.17, 15) is 0 Å². The third-order valence-electron chi connectivity index (χ3n) is 13.5. The van der Waals surface area contributed by atoms with Crippen LogP contribution in [0.4, 0.5) is 34.1 Å². The summed E-state index contributed by atoms with van der Waals surface area (Å²) in [6.45, 7) is -0.000125. The number of fused-ring (bicyclic) bond motifs is 13. The molecule has 0 bridgehead atoms. The number of aryl methyl sites for hydroxylation is 1. The summed E-state index contributed by atoms with van der Waals surface area (Å²) in [6.07, 6.45) is 4.57. The maximum atomic E-state index is 6.57. The van der Waals surface area contributed by atoms with Crippen LogP contribution in [0.3, 0.4) is 0 Å². The van der Waals surface area contributed by atoms with Gasteiger partial charge in [0, 0.05) is 50.3 Å². The monoisotopic (exact) mass is 769 g/mol. The van der Waals surface area contributed by atoms with Crippen molar-refractivity contribution >= 4 is 112 Å². The van der Waals surface area contributed by atoms with Gasteiger partial charge >= 0.3 is 0 Å². The lowest BCUT2D eigenvalue weighted by Crippen LogP contribution is -2.61. The maximum Gasteiger partial charge on any atom is 0.252 e. The normalized spacial score (nSPS) is 14.3. The first-order chi connectivity index (χ1) is 29.8. The molecule has 1 aliphatic carbocycles. The zero-order valence-electron chi connectivity index (χ0n) is 32.7. The first kappa shape index (κ1) is 32.5. The average molecular weight is 770 g/mol. The molecule has 5 heterocycles. The maximum absolute atomic E-state index is 6.57. The van der Waals surface area contributed by atoms with E-state index in [2.05, 4.69) is 184 Å². The molecule has 8 aromatic carbocycles. The highest BCUT2D eigenvalue weighted by Gasteiger charge is 2.44. The van der Waals surface area contributed by atoms with Gasteiger partial charge in [0.1, 0.15) is 22.3 Å². The zero-order chi connectivity index (χ0) is 39.1. The summed E-state index contributed by atoms with van der Waals surface area (Å²) in [5.41, 5.74) is 19.7. The zero-order valence-corrected chi connectivity index (χ0v) is 32.7. The van der Waals surface area contributed by atoms with E-state index in [0.29, 0.717) is 0 Å². The van der Waals surface area contributed by atoms with Crippen LogP contribution in [0.1, 0.15) is 24.1 Å². The first-order valence-electron chi connectivity index (χ1n) is 21.2. The van der Waals surface area contributed by atoms with Crippen molar-refractivity contribution < 1.29 is 8.83 Å².